The fourth-order valence-corrected chi connectivity index (χ4v) is 1.94. The minimum absolute atomic E-state index is 0.458. The van der Waals surface area contributed by atoms with E-state index >= 15 is 0 Å². The number of hydrogen-bond acceptors (Lipinski definition) is 3. The molecule has 0 atom stereocenters. The molecule has 1 rings (SSSR count). The van der Waals surface area contributed by atoms with Crippen molar-refractivity contribution in [3.63, 3.8) is 0 Å². The van der Waals surface area contributed by atoms with Gasteiger partial charge in [-0.1, -0.05) is 27.7 Å². The second-order valence-corrected chi connectivity index (χ2v) is 6.64. The Labute approximate surface area is 124 Å². The third-order valence-corrected chi connectivity index (χ3v) is 3.50. The van der Waals surface area contributed by atoms with E-state index in [2.05, 4.69) is 70.9 Å². The monoisotopic (exact) mass is 277 g/mol. The molecule has 0 aliphatic heterocycles. The second kappa shape index (κ2) is 7.63. The molecule has 0 aromatic carbocycles. The Morgan fingerprint density at radius 1 is 1.10 bits per heavy atom. The third-order valence-electron chi connectivity index (χ3n) is 3.50. The minimum Gasteiger partial charge on any atom is -0.357 e. The predicted molar refractivity (Wildman–Crippen MR) is 88.4 cm³/mol. The van der Waals surface area contributed by atoms with Gasteiger partial charge >= 0.3 is 0 Å². The third kappa shape index (κ3) is 5.12. The van der Waals surface area contributed by atoms with Crippen LogP contribution < -0.4 is 10.2 Å². The Morgan fingerprint density at radius 3 is 2.25 bits per heavy atom. The summed E-state index contributed by atoms with van der Waals surface area (Å²) in [5.74, 6) is 2.21. The molecule has 0 amide bonds. The minimum atomic E-state index is 0.458. The Morgan fingerprint density at radius 2 is 1.75 bits per heavy atom. The maximum Gasteiger partial charge on any atom is 0.129 e. The summed E-state index contributed by atoms with van der Waals surface area (Å²) in [6.45, 7) is 15.2. The van der Waals surface area contributed by atoms with Crippen molar-refractivity contribution < 1.29 is 0 Å². The highest BCUT2D eigenvalue weighted by molar-refractivity contribution is 5.43. The average molecular weight is 277 g/mol. The van der Waals surface area contributed by atoms with Crippen LogP contribution in [0.15, 0.2) is 12.1 Å². The molecule has 0 fully saturated rings. The number of rotatable bonds is 7. The molecule has 0 saturated carbocycles. The summed E-state index contributed by atoms with van der Waals surface area (Å²) in [4.78, 5) is 7.03. The van der Waals surface area contributed by atoms with Gasteiger partial charge in [0.15, 0.2) is 0 Å². The Balaban J connectivity index is 2.93. The van der Waals surface area contributed by atoms with Gasteiger partial charge in [-0.25, -0.2) is 4.98 Å². The summed E-state index contributed by atoms with van der Waals surface area (Å²) in [6.07, 6.45) is 0. The van der Waals surface area contributed by atoms with Gasteiger partial charge in [-0.15, -0.1) is 0 Å². The van der Waals surface area contributed by atoms with Crippen LogP contribution in [0, 0.1) is 5.92 Å². The standard InChI is InChI=1S/C17H31N3/c1-12(2)10-18-11-15-8-16(13(3)4)19-17(9-15)20(7)14(5)6/h8-9,12-14,18H,10-11H2,1-7H3. The van der Waals surface area contributed by atoms with Crippen molar-refractivity contribution in [1.29, 1.82) is 0 Å². The second-order valence-electron chi connectivity index (χ2n) is 6.64. The molecular formula is C17H31N3. The van der Waals surface area contributed by atoms with Crippen LogP contribution in [0.2, 0.25) is 0 Å². The summed E-state index contributed by atoms with van der Waals surface area (Å²) < 4.78 is 0. The molecule has 3 heteroatoms. The molecular weight excluding hydrogens is 246 g/mol. The first-order valence-corrected chi connectivity index (χ1v) is 7.75. The van der Waals surface area contributed by atoms with Gasteiger partial charge in [0.2, 0.25) is 0 Å². The zero-order valence-corrected chi connectivity index (χ0v) is 14.2. The van der Waals surface area contributed by atoms with E-state index in [-0.39, 0.29) is 0 Å². The van der Waals surface area contributed by atoms with Crippen molar-refractivity contribution in [1.82, 2.24) is 10.3 Å². The van der Waals surface area contributed by atoms with Crippen LogP contribution in [0.3, 0.4) is 0 Å². The molecule has 1 N–H and O–H groups in total. The summed E-state index contributed by atoms with van der Waals surface area (Å²) in [7, 11) is 2.11. The van der Waals surface area contributed by atoms with Crippen LogP contribution in [-0.4, -0.2) is 24.6 Å². The first kappa shape index (κ1) is 17.0. The molecule has 3 nitrogen and oxygen atoms in total. The van der Waals surface area contributed by atoms with Crippen LogP contribution in [0.4, 0.5) is 5.82 Å². The van der Waals surface area contributed by atoms with Crippen molar-refractivity contribution in [2.45, 2.75) is 60.0 Å². The molecule has 0 saturated heterocycles. The highest BCUT2D eigenvalue weighted by Crippen LogP contribution is 2.20. The fourth-order valence-electron chi connectivity index (χ4n) is 1.94. The van der Waals surface area contributed by atoms with E-state index < -0.39 is 0 Å². The topological polar surface area (TPSA) is 28.2 Å². The number of hydrogen-bond donors (Lipinski definition) is 1. The first-order valence-electron chi connectivity index (χ1n) is 7.75. The summed E-state index contributed by atoms with van der Waals surface area (Å²) >= 11 is 0. The first-order chi connectivity index (χ1) is 9.31. The van der Waals surface area contributed by atoms with Gasteiger partial charge in [0.05, 0.1) is 0 Å². The zero-order valence-electron chi connectivity index (χ0n) is 14.2. The van der Waals surface area contributed by atoms with Crippen molar-refractivity contribution in [2.75, 3.05) is 18.5 Å². The van der Waals surface area contributed by atoms with E-state index in [9.17, 15) is 0 Å². The molecule has 0 bridgehead atoms. The van der Waals surface area contributed by atoms with Gasteiger partial charge in [0, 0.05) is 25.3 Å². The van der Waals surface area contributed by atoms with E-state index in [0.717, 1.165) is 18.9 Å². The van der Waals surface area contributed by atoms with Crippen molar-refractivity contribution >= 4 is 5.82 Å². The largest absolute Gasteiger partial charge is 0.357 e. The number of aromatic nitrogens is 1. The van der Waals surface area contributed by atoms with E-state index in [0.29, 0.717) is 17.9 Å². The number of nitrogens with one attached hydrogen (secondary N) is 1. The lowest BCUT2D eigenvalue weighted by Crippen LogP contribution is -2.27. The molecule has 20 heavy (non-hydrogen) atoms. The lowest BCUT2D eigenvalue weighted by Gasteiger charge is -2.24. The molecule has 1 aromatic rings. The van der Waals surface area contributed by atoms with Crippen molar-refractivity contribution in [3.05, 3.63) is 23.4 Å². The number of nitrogens with zero attached hydrogens (tertiary/aromatic N) is 2. The van der Waals surface area contributed by atoms with E-state index in [1.807, 2.05) is 0 Å². The Kier molecular flexibility index (Phi) is 6.47. The Hall–Kier alpha value is -1.09. The van der Waals surface area contributed by atoms with Crippen LogP contribution in [-0.2, 0) is 6.54 Å². The maximum atomic E-state index is 4.80. The van der Waals surface area contributed by atoms with Gasteiger partial charge in [0.25, 0.3) is 0 Å². The molecule has 1 aromatic heterocycles. The summed E-state index contributed by atoms with van der Waals surface area (Å²) in [6, 6.07) is 4.90. The SMILES string of the molecule is CC(C)CNCc1cc(C(C)C)nc(N(C)C(C)C)c1. The number of pyridine rings is 1. The van der Waals surface area contributed by atoms with Crippen molar-refractivity contribution in [2.24, 2.45) is 5.92 Å². The lowest BCUT2D eigenvalue weighted by molar-refractivity contribution is 0.551. The van der Waals surface area contributed by atoms with Gasteiger partial charge in [-0.2, -0.15) is 0 Å². The number of anilines is 1. The highest BCUT2D eigenvalue weighted by atomic mass is 15.2. The molecule has 0 radical (unpaired) electrons. The smallest absolute Gasteiger partial charge is 0.129 e. The molecule has 0 aliphatic rings. The predicted octanol–water partition coefficient (Wildman–Crippen LogP) is 3.80. The molecule has 1 heterocycles. The van der Waals surface area contributed by atoms with Gasteiger partial charge in [-0.05, 0) is 49.9 Å². The fraction of sp³-hybridized carbons (Fsp3) is 0.706. The normalized spacial score (nSPS) is 11.7. The van der Waals surface area contributed by atoms with Crippen LogP contribution in [0.1, 0.15) is 58.7 Å². The maximum absolute atomic E-state index is 4.80. The Bertz CT molecular complexity index is 411. The van der Waals surface area contributed by atoms with Crippen LogP contribution in [0.25, 0.3) is 0 Å². The summed E-state index contributed by atoms with van der Waals surface area (Å²) in [5, 5.41) is 3.52. The van der Waals surface area contributed by atoms with Crippen LogP contribution >= 0.6 is 0 Å². The van der Waals surface area contributed by atoms with E-state index in [4.69, 9.17) is 4.98 Å². The summed E-state index contributed by atoms with van der Waals surface area (Å²) in [5.41, 5.74) is 2.50. The van der Waals surface area contributed by atoms with Gasteiger partial charge in [0.1, 0.15) is 5.82 Å². The molecule has 114 valence electrons. The molecule has 0 aliphatic carbocycles. The quantitative estimate of drug-likeness (QED) is 0.822. The average Bonchev–Trinajstić information content (AvgIpc) is 2.36. The van der Waals surface area contributed by atoms with Gasteiger partial charge < -0.3 is 10.2 Å². The highest BCUT2D eigenvalue weighted by Gasteiger charge is 2.11. The van der Waals surface area contributed by atoms with Crippen molar-refractivity contribution in [3.8, 4) is 0 Å². The van der Waals surface area contributed by atoms with Crippen LogP contribution in [0.5, 0.6) is 0 Å². The zero-order chi connectivity index (χ0) is 15.3. The lowest BCUT2D eigenvalue weighted by atomic mass is 10.1. The van der Waals surface area contributed by atoms with Gasteiger partial charge in [-0.3, -0.25) is 0 Å². The van der Waals surface area contributed by atoms with E-state index in [1.54, 1.807) is 0 Å². The van der Waals surface area contributed by atoms with E-state index in [1.165, 1.54) is 11.3 Å². The molecule has 0 unspecified atom stereocenters. The molecule has 0 spiro atoms.